The monoisotopic (exact) mass is 791 g/mol. The van der Waals surface area contributed by atoms with E-state index < -0.39 is 15.8 Å². The van der Waals surface area contributed by atoms with Crippen LogP contribution >= 0.6 is 15.8 Å². The maximum absolute atomic E-state index is 2.23. The molecule has 48 heavy (non-hydrogen) atoms. The molecule has 7 rings (SSSR count). The molecular formula is C44H43FeP2Ru+3. The Morgan fingerprint density at radius 3 is 0.688 bits per heavy atom. The van der Waals surface area contributed by atoms with Crippen molar-refractivity contribution in [3.63, 3.8) is 0 Å². The normalized spacial score (nSPS) is 18.1. The summed E-state index contributed by atoms with van der Waals surface area (Å²) in [5.74, 6) is 7.34. The van der Waals surface area contributed by atoms with E-state index in [-0.39, 0.29) is 36.5 Å². The maximum Gasteiger partial charge on any atom is 2.00 e. The van der Waals surface area contributed by atoms with Crippen LogP contribution in [0.25, 0.3) is 0 Å². The molecule has 3 saturated carbocycles. The summed E-state index contributed by atoms with van der Waals surface area (Å²) in [6.45, 7) is 11.0. The Bertz CT molecular complexity index is 1170. The smallest absolute Gasteiger partial charge is 0.0622 e. The Morgan fingerprint density at radius 1 is 0.312 bits per heavy atom. The van der Waals surface area contributed by atoms with Crippen LogP contribution in [0.15, 0.2) is 121 Å². The van der Waals surface area contributed by atoms with Gasteiger partial charge in [0.2, 0.25) is 0 Å². The molecule has 3 aliphatic rings. The van der Waals surface area contributed by atoms with Gasteiger partial charge in [-0.05, 0) is 118 Å². The van der Waals surface area contributed by atoms with Crippen molar-refractivity contribution in [2.45, 2.75) is 34.6 Å². The molecule has 0 aromatic heterocycles. The van der Waals surface area contributed by atoms with E-state index in [1.807, 2.05) is 0 Å². The predicted octanol–water partition coefficient (Wildman–Crippen LogP) is 9.93. The quantitative estimate of drug-likeness (QED) is 0.135. The molecule has 3 fully saturated rings. The molecule has 0 saturated heterocycles. The Balaban J connectivity index is 0.000000200. The molecule has 4 heteroatoms. The SMILES string of the molecule is C[C]1[C](C)[C](C)[C](C)[C]1C.[CH]1[CH][CH][C](P(c2ccccc2)c2ccccc2)[CH]1.[CH]1[CH][CH][C](P(c2ccccc2)c2ccccc2)[CH]1.[Fe+2].[Ru+]. The van der Waals surface area contributed by atoms with E-state index in [4.69, 9.17) is 0 Å². The molecule has 0 spiro atoms. The van der Waals surface area contributed by atoms with E-state index >= 15 is 0 Å². The molecule has 0 aliphatic heterocycles. The van der Waals surface area contributed by atoms with Gasteiger partial charge in [-0.2, -0.15) is 0 Å². The Hall–Kier alpha value is -1.12. The van der Waals surface area contributed by atoms with Gasteiger partial charge in [-0.3, -0.25) is 0 Å². The molecule has 16 radical (unpaired) electrons. The maximum atomic E-state index is 2.23. The van der Waals surface area contributed by atoms with Crippen LogP contribution in [0.2, 0.25) is 0 Å². The molecule has 242 valence electrons. The molecule has 4 aromatic carbocycles. The number of benzene rings is 4. The van der Waals surface area contributed by atoms with Crippen LogP contribution in [-0.4, -0.2) is 0 Å². The van der Waals surface area contributed by atoms with Crippen molar-refractivity contribution in [1.82, 2.24) is 0 Å². The molecule has 3 aliphatic carbocycles. The van der Waals surface area contributed by atoms with E-state index in [1.165, 1.54) is 62.1 Å². The molecule has 0 atom stereocenters. The first-order chi connectivity index (χ1) is 22.5. The molecule has 0 N–H and O–H groups in total. The average Bonchev–Trinajstić information content (AvgIpc) is 3.88. The van der Waals surface area contributed by atoms with Crippen LogP contribution in [-0.2, 0) is 36.5 Å². The molecule has 0 heterocycles. The van der Waals surface area contributed by atoms with Gasteiger partial charge in [-0.1, -0.05) is 156 Å². The van der Waals surface area contributed by atoms with Crippen molar-refractivity contribution in [2.75, 3.05) is 0 Å². The molecule has 0 amide bonds. The zero-order valence-electron chi connectivity index (χ0n) is 28.3. The Labute approximate surface area is 319 Å². The molecular weight excluding hydrogens is 747 g/mol. The van der Waals surface area contributed by atoms with Crippen LogP contribution in [0.1, 0.15) is 34.6 Å². The summed E-state index contributed by atoms with van der Waals surface area (Å²) in [7, 11) is -0.818. The Morgan fingerprint density at radius 2 is 0.500 bits per heavy atom. The number of hydrogen-bond donors (Lipinski definition) is 0. The third kappa shape index (κ3) is 10.9. The van der Waals surface area contributed by atoms with Crippen molar-refractivity contribution in [3.05, 3.63) is 214 Å². The van der Waals surface area contributed by atoms with Gasteiger partial charge in [0.05, 0.1) is 0 Å². The van der Waals surface area contributed by atoms with Crippen molar-refractivity contribution < 1.29 is 36.5 Å². The van der Waals surface area contributed by atoms with Gasteiger partial charge in [-0.15, -0.1) is 0 Å². The minimum Gasteiger partial charge on any atom is -0.0622 e. The number of hydrogen-bond acceptors (Lipinski definition) is 0. The van der Waals surface area contributed by atoms with Crippen LogP contribution < -0.4 is 21.2 Å². The third-order valence-corrected chi connectivity index (χ3v) is 13.6. The van der Waals surface area contributed by atoms with Crippen molar-refractivity contribution >= 4 is 37.1 Å². The summed E-state index contributed by atoms with van der Waals surface area (Å²) in [5.41, 5.74) is 2.84. The summed E-state index contributed by atoms with van der Waals surface area (Å²) in [6.07, 6.45) is 17.4. The third-order valence-electron chi connectivity index (χ3n) is 8.68. The van der Waals surface area contributed by atoms with Gasteiger partial charge in [0.1, 0.15) is 0 Å². The molecule has 4 aromatic rings. The van der Waals surface area contributed by atoms with E-state index in [9.17, 15) is 0 Å². The second-order valence-corrected chi connectivity index (χ2v) is 15.9. The Kier molecular flexibility index (Phi) is 18.3. The van der Waals surface area contributed by atoms with Gasteiger partial charge in [0, 0.05) is 11.3 Å². The van der Waals surface area contributed by atoms with Gasteiger partial charge in [0.25, 0.3) is 0 Å². The van der Waals surface area contributed by atoms with E-state index in [1.54, 1.807) is 0 Å². The first kappa shape index (κ1) is 41.3. The van der Waals surface area contributed by atoms with Crippen LogP contribution in [0.4, 0.5) is 0 Å². The van der Waals surface area contributed by atoms with Crippen LogP contribution in [0.3, 0.4) is 0 Å². The van der Waals surface area contributed by atoms with Crippen molar-refractivity contribution in [2.24, 2.45) is 0 Å². The first-order valence-electron chi connectivity index (χ1n) is 15.9. The standard InChI is InChI=1S/2C17H14P.C10H15.Fe.Ru/c2*1-3-9-15(10-4-1)18(17-13-7-8-14-17)16-11-5-2-6-12-16;1-6-7(2)9(4)10(5)8(6)3;;/h2*1-14H;1-5H3;;/q;;;+2;+1. The van der Waals surface area contributed by atoms with Gasteiger partial charge in [0.15, 0.2) is 0 Å². The summed E-state index contributed by atoms with van der Waals surface area (Å²) in [6, 6.07) is 43.1. The summed E-state index contributed by atoms with van der Waals surface area (Å²) >= 11 is 0. The largest absolute Gasteiger partial charge is 2.00 e. The molecule has 0 unspecified atom stereocenters. The van der Waals surface area contributed by atoms with Crippen molar-refractivity contribution in [1.29, 1.82) is 0 Å². The van der Waals surface area contributed by atoms with E-state index in [0.717, 1.165) is 0 Å². The van der Waals surface area contributed by atoms with E-state index in [2.05, 4.69) is 207 Å². The van der Waals surface area contributed by atoms with Gasteiger partial charge < -0.3 is 0 Å². The zero-order valence-corrected chi connectivity index (χ0v) is 32.9. The topological polar surface area (TPSA) is 0 Å². The minimum atomic E-state index is -0.409. The van der Waals surface area contributed by atoms with E-state index in [0.29, 0.717) is 0 Å². The second-order valence-electron chi connectivity index (χ2n) is 11.4. The van der Waals surface area contributed by atoms with Crippen molar-refractivity contribution in [3.8, 4) is 0 Å². The summed E-state index contributed by atoms with van der Waals surface area (Å²) in [4.78, 5) is 0. The number of rotatable bonds is 6. The predicted molar refractivity (Wildman–Crippen MR) is 204 cm³/mol. The molecule has 0 bridgehead atoms. The van der Waals surface area contributed by atoms with Crippen LogP contribution in [0.5, 0.6) is 0 Å². The summed E-state index contributed by atoms with van der Waals surface area (Å²) < 4.78 is 0. The first-order valence-corrected chi connectivity index (χ1v) is 18.6. The second kappa shape index (κ2) is 21.3. The minimum absolute atomic E-state index is 0. The fraction of sp³-hybridized carbons (Fsp3) is 0.114. The van der Waals surface area contributed by atoms with Gasteiger partial charge >= 0.3 is 36.5 Å². The fourth-order valence-electron chi connectivity index (χ4n) is 5.63. The van der Waals surface area contributed by atoms with Gasteiger partial charge in [-0.25, -0.2) is 0 Å². The summed E-state index contributed by atoms with van der Waals surface area (Å²) in [5, 5.41) is 5.63. The fourth-order valence-corrected chi connectivity index (χ4v) is 10.2. The molecule has 0 nitrogen and oxygen atoms in total. The zero-order chi connectivity index (χ0) is 32.3. The van der Waals surface area contributed by atoms with Crippen LogP contribution in [0, 0.1) is 92.3 Å². The average molecular weight is 791 g/mol.